The Labute approximate surface area is 124 Å². The van der Waals surface area contributed by atoms with Crippen molar-refractivity contribution in [1.29, 1.82) is 0 Å². The second-order valence-electron chi connectivity index (χ2n) is 8.37. The zero-order valence-corrected chi connectivity index (χ0v) is 13.8. The molecule has 0 aliphatic heterocycles. The van der Waals surface area contributed by atoms with Crippen molar-refractivity contribution in [2.45, 2.75) is 65.0 Å². The standard InChI is InChI=1S/C17H34N2O/c1-17(2,3)14-6-5-13(10-18)16(9-14)19(4)11-12-7-15(20)8-12/h12-16,20H,5-11,18H2,1-4H3. The molecule has 3 heteroatoms. The van der Waals surface area contributed by atoms with Crippen LogP contribution in [0.4, 0.5) is 0 Å². The average molecular weight is 282 g/mol. The summed E-state index contributed by atoms with van der Waals surface area (Å²) in [5.74, 6) is 2.16. The SMILES string of the molecule is CN(CC1CC(O)C1)C1CC(C(C)(C)C)CCC1CN. The molecule has 2 fully saturated rings. The van der Waals surface area contributed by atoms with Crippen LogP contribution in [-0.4, -0.2) is 42.3 Å². The minimum atomic E-state index is -0.0348. The summed E-state index contributed by atoms with van der Waals surface area (Å²) in [6.45, 7) is 9.08. The highest BCUT2D eigenvalue weighted by Gasteiger charge is 2.38. The Morgan fingerprint density at radius 3 is 2.30 bits per heavy atom. The summed E-state index contributed by atoms with van der Waals surface area (Å²) < 4.78 is 0. The van der Waals surface area contributed by atoms with Gasteiger partial charge in [0.2, 0.25) is 0 Å². The molecule has 118 valence electrons. The van der Waals surface area contributed by atoms with E-state index in [9.17, 15) is 5.11 Å². The van der Waals surface area contributed by atoms with Crippen LogP contribution in [0, 0.1) is 23.2 Å². The molecule has 2 saturated carbocycles. The Bertz CT molecular complexity index is 307. The highest BCUT2D eigenvalue weighted by Crippen LogP contribution is 2.41. The maximum Gasteiger partial charge on any atom is 0.0546 e. The molecule has 0 amide bonds. The number of nitrogens with zero attached hydrogens (tertiary/aromatic N) is 1. The van der Waals surface area contributed by atoms with Gasteiger partial charge in [0.1, 0.15) is 0 Å². The molecule has 2 rings (SSSR count). The van der Waals surface area contributed by atoms with Crippen LogP contribution in [-0.2, 0) is 0 Å². The van der Waals surface area contributed by atoms with E-state index in [4.69, 9.17) is 5.73 Å². The molecule has 0 aromatic carbocycles. The largest absolute Gasteiger partial charge is 0.393 e. The zero-order valence-electron chi connectivity index (χ0n) is 13.8. The van der Waals surface area contributed by atoms with Gasteiger partial charge in [-0.3, -0.25) is 0 Å². The molecule has 3 unspecified atom stereocenters. The first kappa shape index (κ1) is 16.3. The predicted octanol–water partition coefficient (Wildman–Crippen LogP) is 2.48. The second kappa shape index (κ2) is 6.33. The van der Waals surface area contributed by atoms with Crippen LogP contribution in [0.3, 0.4) is 0 Å². The van der Waals surface area contributed by atoms with Gasteiger partial charge in [0.15, 0.2) is 0 Å². The third kappa shape index (κ3) is 3.75. The lowest BCUT2D eigenvalue weighted by Crippen LogP contribution is -2.49. The van der Waals surface area contributed by atoms with E-state index in [1.807, 2.05) is 0 Å². The molecule has 2 aliphatic rings. The van der Waals surface area contributed by atoms with E-state index < -0.39 is 0 Å². The fourth-order valence-corrected chi connectivity index (χ4v) is 4.20. The lowest BCUT2D eigenvalue weighted by Gasteiger charge is -2.46. The van der Waals surface area contributed by atoms with Crippen LogP contribution in [0.2, 0.25) is 0 Å². The minimum absolute atomic E-state index is 0.0348. The van der Waals surface area contributed by atoms with Crippen molar-refractivity contribution in [1.82, 2.24) is 4.90 Å². The Morgan fingerprint density at radius 2 is 1.80 bits per heavy atom. The molecule has 0 radical (unpaired) electrons. The van der Waals surface area contributed by atoms with E-state index in [-0.39, 0.29) is 6.10 Å². The molecule has 0 bridgehead atoms. The fraction of sp³-hybridized carbons (Fsp3) is 1.00. The van der Waals surface area contributed by atoms with Crippen LogP contribution in [0.25, 0.3) is 0 Å². The van der Waals surface area contributed by atoms with Crippen molar-refractivity contribution in [2.75, 3.05) is 20.1 Å². The Balaban J connectivity index is 1.93. The zero-order chi connectivity index (χ0) is 14.9. The smallest absolute Gasteiger partial charge is 0.0546 e. The van der Waals surface area contributed by atoms with Crippen molar-refractivity contribution in [2.24, 2.45) is 28.9 Å². The van der Waals surface area contributed by atoms with E-state index in [1.165, 1.54) is 19.3 Å². The number of hydrogen-bond donors (Lipinski definition) is 2. The van der Waals surface area contributed by atoms with Gasteiger partial charge < -0.3 is 15.7 Å². The van der Waals surface area contributed by atoms with Gasteiger partial charge in [-0.2, -0.15) is 0 Å². The minimum Gasteiger partial charge on any atom is -0.393 e. The molecule has 3 atom stereocenters. The van der Waals surface area contributed by atoms with E-state index in [0.717, 1.165) is 31.8 Å². The molecule has 3 N–H and O–H groups in total. The van der Waals surface area contributed by atoms with Gasteiger partial charge in [0.25, 0.3) is 0 Å². The quantitative estimate of drug-likeness (QED) is 0.833. The molecule has 3 nitrogen and oxygen atoms in total. The van der Waals surface area contributed by atoms with Crippen LogP contribution in [0.1, 0.15) is 52.9 Å². The Hall–Kier alpha value is -0.120. The molecule has 20 heavy (non-hydrogen) atoms. The third-order valence-electron chi connectivity index (χ3n) is 5.81. The van der Waals surface area contributed by atoms with Crippen molar-refractivity contribution in [3.63, 3.8) is 0 Å². The molecule has 0 saturated heterocycles. The second-order valence-corrected chi connectivity index (χ2v) is 8.37. The van der Waals surface area contributed by atoms with E-state index in [0.29, 0.717) is 23.3 Å². The van der Waals surface area contributed by atoms with Gasteiger partial charge in [-0.25, -0.2) is 0 Å². The summed E-state index contributed by atoms with van der Waals surface area (Å²) in [5.41, 5.74) is 6.43. The van der Waals surface area contributed by atoms with Gasteiger partial charge in [0.05, 0.1) is 6.10 Å². The Morgan fingerprint density at radius 1 is 1.15 bits per heavy atom. The van der Waals surface area contributed by atoms with E-state index in [2.05, 4.69) is 32.7 Å². The van der Waals surface area contributed by atoms with Crippen molar-refractivity contribution >= 4 is 0 Å². The number of aliphatic hydroxyl groups is 1. The first-order valence-corrected chi connectivity index (χ1v) is 8.39. The highest BCUT2D eigenvalue weighted by molar-refractivity contribution is 4.92. The first-order valence-electron chi connectivity index (χ1n) is 8.39. The molecule has 0 aromatic rings. The molecule has 0 heterocycles. The molecular weight excluding hydrogens is 248 g/mol. The normalized spacial score (nSPS) is 38.9. The summed E-state index contributed by atoms with van der Waals surface area (Å²) in [7, 11) is 2.27. The predicted molar refractivity (Wildman–Crippen MR) is 84.5 cm³/mol. The summed E-state index contributed by atoms with van der Waals surface area (Å²) in [6.07, 6.45) is 5.85. The lowest BCUT2D eigenvalue weighted by atomic mass is 9.67. The number of nitrogens with two attached hydrogens (primary N) is 1. The van der Waals surface area contributed by atoms with Crippen molar-refractivity contribution in [3.05, 3.63) is 0 Å². The summed E-state index contributed by atoms with van der Waals surface area (Å²) in [6, 6.07) is 0.635. The highest BCUT2D eigenvalue weighted by atomic mass is 16.3. The van der Waals surface area contributed by atoms with Crippen molar-refractivity contribution < 1.29 is 5.11 Å². The van der Waals surface area contributed by atoms with Gasteiger partial charge in [0, 0.05) is 12.6 Å². The Kier molecular flexibility index (Phi) is 5.14. The number of aliphatic hydroxyl groups excluding tert-OH is 1. The van der Waals surface area contributed by atoms with Gasteiger partial charge in [-0.05, 0) is 68.9 Å². The topological polar surface area (TPSA) is 49.5 Å². The fourth-order valence-electron chi connectivity index (χ4n) is 4.20. The summed E-state index contributed by atoms with van der Waals surface area (Å²) in [5, 5.41) is 9.45. The van der Waals surface area contributed by atoms with Crippen LogP contribution in [0.5, 0.6) is 0 Å². The third-order valence-corrected chi connectivity index (χ3v) is 5.81. The summed E-state index contributed by atoms with van der Waals surface area (Å²) >= 11 is 0. The van der Waals surface area contributed by atoms with Gasteiger partial charge in [-0.15, -0.1) is 0 Å². The van der Waals surface area contributed by atoms with Crippen LogP contribution >= 0.6 is 0 Å². The first-order chi connectivity index (χ1) is 9.31. The average Bonchev–Trinajstić information content (AvgIpc) is 2.35. The van der Waals surface area contributed by atoms with Crippen molar-refractivity contribution in [3.8, 4) is 0 Å². The van der Waals surface area contributed by atoms with Gasteiger partial charge in [-0.1, -0.05) is 20.8 Å². The van der Waals surface area contributed by atoms with Crippen LogP contribution in [0.15, 0.2) is 0 Å². The molecule has 0 spiro atoms. The monoisotopic (exact) mass is 282 g/mol. The maximum atomic E-state index is 9.45. The molecule has 0 aromatic heterocycles. The van der Waals surface area contributed by atoms with E-state index >= 15 is 0 Å². The lowest BCUT2D eigenvalue weighted by molar-refractivity contribution is 0.000864. The number of rotatable bonds is 4. The summed E-state index contributed by atoms with van der Waals surface area (Å²) in [4.78, 5) is 2.55. The number of hydrogen-bond acceptors (Lipinski definition) is 3. The van der Waals surface area contributed by atoms with Gasteiger partial charge >= 0.3 is 0 Å². The van der Waals surface area contributed by atoms with Crippen LogP contribution < -0.4 is 5.73 Å². The van der Waals surface area contributed by atoms with E-state index in [1.54, 1.807) is 0 Å². The molecular formula is C17H34N2O. The maximum absolute atomic E-state index is 9.45. The molecule has 2 aliphatic carbocycles.